The average molecular weight is 374 g/mol. The van der Waals surface area contributed by atoms with Gasteiger partial charge in [-0.2, -0.15) is 0 Å². The standard InChI is InChI=1S/C15H14BrF2NOS/c1-19(9-12-4-6-14(16)21-12)15(20)7-2-10-8-11(17)3-5-13(10)18/h3-6,8H,2,7,9H2,1H3. The van der Waals surface area contributed by atoms with Crippen LogP contribution >= 0.6 is 27.3 Å². The minimum Gasteiger partial charge on any atom is -0.341 e. The predicted molar refractivity (Wildman–Crippen MR) is 83.2 cm³/mol. The first-order chi connectivity index (χ1) is 9.95. The molecule has 2 nitrogen and oxygen atoms in total. The van der Waals surface area contributed by atoms with Gasteiger partial charge < -0.3 is 4.90 Å². The van der Waals surface area contributed by atoms with Gasteiger partial charge in [0, 0.05) is 18.3 Å². The lowest BCUT2D eigenvalue weighted by molar-refractivity contribution is -0.130. The minimum absolute atomic E-state index is 0.0943. The molecule has 0 atom stereocenters. The summed E-state index contributed by atoms with van der Waals surface area (Å²) >= 11 is 4.94. The van der Waals surface area contributed by atoms with E-state index in [-0.39, 0.29) is 24.3 Å². The van der Waals surface area contributed by atoms with Gasteiger partial charge in [-0.25, -0.2) is 8.78 Å². The monoisotopic (exact) mass is 373 g/mol. The van der Waals surface area contributed by atoms with Gasteiger partial charge in [0.1, 0.15) is 11.6 Å². The molecule has 0 saturated heterocycles. The third-order valence-electron chi connectivity index (χ3n) is 3.06. The molecule has 0 unspecified atom stereocenters. The SMILES string of the molecule is CN(Cc1ccc(Br)s1)C(=O)CCc1cc(F)ccc1F. The Morgan fingerprint density at radius 1 is 1.29 bits per heavy atom. The molecule has 2 rings (SSSR count). The fraction of sp³-hybridized carbons (Fsp3) is 0.267. The number of thiophene rings is 1. The highest BCUT2D eigenvalue weighted by Gasteiger charge is 2.12. The van der Waals surface area contributed by atoms with Gasteiger partial charge in [-0.15, -0.1) is 11.3 Å². The highest BCUT2D eigenvalue weighted by atomic mass is 79.9. The van der Waals surface area contributed by atoms with E-state index in [2.05, 4.69) is 15.9 Å². The van der Waals surface area contributed by atoms with Crippen LogP contribution in [0.5, 0.6) is 0 Å². The molecule has 0 bridgehead atoms. The zero-order valence-corrected chi connectivity index (χ0v) is 13.8. The number of halogens is 3. The van der Waals surface area contributed by atoms with Crippen LogP contribution in [-0.2, 0) is 17.8 Å². The van der Waals surface area contributed by atoms with Crippen LogP contribution < -0.4 is 0 Å². The largest absolute Gasteiger partial charge is 0.341 e. The van der Waals surface area contributed by atoms with Crippen molar-refractivity contribution in [2.45, 2.75) is 19.4 Å². The maximum atomic E-state index is 13.5. The van der Waals surface area contributed by atoms with E-state index in [1.807, 2.05) is 12.1 Å². The average Bonchev–Trinajstić information content (AvgIpc) is 2.84. The van der Waals surface area contributed by atoms with Crippen LogP contribution in [0.2, 0.25) is 0 Å². The van der Waals surface area contributed by atoms with E-state index in [9.17, 15) is 13.6 Å². The Labute approximate surface area is 134 Å². The van der Waals surface area contributed by atoms with Crippen molar-refractivity contribution in [3.63, 3.8) is 0 Å². The second-order valence-electron chi connectivity index (χ2n) is 4.69. The number of nitrogens with zero attached hydrogens (tertiary/aromatic N) is 1. The van der Waals surface area contributed by atoms with E-state index in [1.54, 1.807) is 23.3 Å². The second-order valence-corrected chi connectivity index (χ2v) is 7.24. The molecule has 1 heterocycles. The van der Waals surface area contributed by atoms with Crippen LogP contribution in [0.4, 0.5) is 8.78 Å². The summed E-state index contributed by atoms with van der Waals surface area (Å²) in [5.74, 6) is -1.06. The summed E-state index contributed by atoms with van der Waals surface area (Å²) in [4.78, 5) is 14.7. The maximum absolute atomic E-state index is 13.5. The first-order valence-electron chi connectivity index (χ1n) is 6.38. The van der Waals surface area contributed by atoms with Crippen molar-refractivity contribution < 1.29 is 13.6 Å². The fourth-order valence-electron chi connectivity index (χ4n) is 1.93. The Morgan fingerprint density at radius 3 is 2.71 bits per heavy atom. The Kier molecular flexibility index (Phi) is 5.47. The summed E-state index contributed by atoms with van der Waals surface area (Å²) in [7, 11) is 1.71. The van der Waals surface area contributed by atoms with Gasteiger partial charge in [-0.1, -0.05) is 0 Å². The van der Waals surface area contributed by atoms with Crippen LogP contribution in [0.15, 0.2) is 34.1 Å². The minimum atomic E-state index is -0.490. The molecule has 0 aliphatic rings. The Bertz CT molecular complexity index is 644. The van der Waals surface area contributed by atoms with Gasteiger partial charge in [0.05, 0.1) is 10.3 Å². The third kappa shape index (κ3) is 4.61. The Hall–Kier alpha value is -1.27. The van der Waals surface area contributed by atoms with Gasteiger partial charge in [0.2, 0.25) is 5.91 Å². The summed E-state index contributed by atoms with van der Waals surface area (Å²) in [6.45, 7) is 0.515. The van der Waals surface area contributed by atoms with Crippen molar-refractivity contribution in [1.29, 1.82) is 0 Å². The van der Waals surface area contributed by atoms with Crippen LogP contribution in [0.25, 0.3) is 0 Å². The predicted octanol–water partition coefficient (Wildman–Crippen LogP) is 4.38. The van der Waals surface area contributed by atoms with Gasteiger partial charge in [-0.05, 0) is 58.2 Å². The number of aryl methyl sites for hydroxylation is 1. The number of amides is 1. The maximum Gasteiger partial charge on any atom is 0.222 e. The van der Waals surface area contributed by atoms with Crippen molar-refractivity contribution in [1.82, 2.24) is 4.90 Å². The molecule has 0 spiro atoms. The van der Waals surface area contributed by atoms with E-state index in [0.29, 0.717) is 6.54 Å². The normalized spacial score (nSPS) is 10.7. The molecule has 0 N–H and O–H groups in total. The van der Waals surface area contributed by atoms with Gasteiger partial charge in [0.25, 0.3) is 0 Å². The molecular formula is C15H14BrF2NOS. The molecule has 1 aromatic heterocycles. The summed E-state index contributed by atoms with van der Waals surface area (Å²) in [5, 5.41) is 0. The molecule has 6 heteroatoms. The molecule has 0 aliphatic carbocycles. The second kappa shape index (κ2) is 7.13. The number of carbonyl (C=O) groups is 1. The van der Waals surface area contributed by atoms with Gasteiger partial charge >= 0.3 is 0 Å². The number of carbonyl (C=O) groups excluding carboxylic acids is 1. The van der Waals surface area contributed by atoms with Crippen LogP contribution in [0, 0.1) is 11.6 Å². The fourth-order valence-corrected chi connectivity index (χ4v) is 3.46. The topological polar surface area (TPSA) is 20.3 Å². The van der Waals surface area contributed by atoms with E-state index >= 15 is 0 Å². The zero-order valence-electron chi connectivity index (χ0n) is 11.4. The highest BCUT2D eigenvalue weighted by molar-refractivity contribution is 9.11. The van der Waals surface area contributed by atoms with Crippen molar-refractivity contribution in [2.75, 3.05) is 7.05 Å². The molecule has 0 radical (unpaired) electrons. The summed E-state index contributed by atoms with van der Waals surface area (Å²) < 4.78 is 27.5. The van der Waals surface area contributed by atoms with Crippen LogP contribution in [0.3, 0.4) is 0 Å². The van der Waals surface area contributed by atoms with E-state index in [0.717, 1.165) is 26.9 Å². The quantitative estimate of drug-likeness (QED) is 0.761. The number of hydrogen-bond donors (Lipinski definition) is 0. The summed E-state index contributed by atoms with van der Waals surface area (Å²) in [6, 6.07) is 7.17. The molecule has 0 saturated carbocycles. The lowest BCUT2D eigenvalue weighted by Gasteiger charge is -2.16. The van der Waals surface area contributed by atoms with E-state index < -0.39 is 11.6 Å². The number of rotatable bonds is 5. The molecule has 2 aromatic rings. The van der Waals surface area contributed by atoms with E-state index in [1.165, 1.54) is 0 Å². The first-order valence-corrected chi connectivity index (χ1v) is 7.99. The van der Waals surface area contributed by atoms with Crippen molar-refractivity contribution >= 4 is 33.2 Å². The zero-order chi connectivity index (χ0) is 15.4. The highest BCUT2D eigenvalue weighted by Crippen LogP contribution is 2.23. The molecule has 21 heavy (non-hydrogen) atoms. The molecular weight excluding hydrogens is 360 g/mol. The molecule has 0 fully saturated rings. The molecule has 112 valence electrons. The molecule has 1 aromatic carbocycles. The molecule has 0 aliphatic heterocycles. The third-order valence-corrected chi connectivity index (χ3v) is 4.67. The van der Waals surface area contributed by atoms with Crippen LogP contribution in [0.1, 0.15) is 16.9 Å². The lowest BCUT2D eigenvalue weighted by Crippen LogP contribution is -2.26. The number of benzene rings is 1. The summed E-state index contributed by atoms with van der Waals surface area (Å²) in [6.07, 6.45) is 0.352. The van der Waals surface area contributed by atoms with Crippen molar-refractivity contribution in [2.24, 2.45) is 0 Å². The number of hydrogen-bond acceptors (Lipinski definition) is 2. The Morgan fingerprint density at radius 2 is 2.05 bits per heavy atom. The van der Waals surface area contributed by atoms with Gasteiger partial charge in [-0.3, -0.25) is 4.79 Å². The lowest BCUT2D eigenvalue weighted by atomic mass is 10.1. The van der Waals surface area contributed by atoms with Gasteiger partial charge in [0.15, 0.2) is 0 Å². The smallest absolute Gasteiger partial charge is 0.222 e. The van der Waals surface area contributed by atoms with Crippen molar-refractivity contribution in [3.8, 4) is 0 Å². The van der Waals surface area contributed by atoms with Crippen LogP contribution in [-0.4, -0.2) is 17.9 Å². The summed E-state index contributed by atoms with van der Waals surface area (Å²) in [5.41, 5.74) is 0.232. The first kappa shape index (κ1) is 16.1. The molecule has 1 amide bonds. The van der Waals surface area contributed by atoms with Crippen molar-refractivity contribution in [3.05, 3.63) is 56.2 Å². The Balaban J connectivity index is 1.90. The van der Waals surface area contributed by atoms with E-state index in [4.69, 9.17) is 0 Å².